The number of anilines is 1. The molecule has 0 amide bonds. The van der Waals surface area contributed by atoms with Crippen LogP contribution in [0, 0.1) is 0 Å². The Labute approximate surface area is 114 Å². The number of carbonyl (C=O) groups is 1. The third kappa shape index (κ3) is 2.27. The van der Waals surface area contributed by atoms with Gasteiger partial charge in [0.15, 0.2) is 5.82 Å². The van der Waals surface area contributed by atoms with Crippen molar-refractivity contribution in [1.29, 1.82) is 0 Å². The van der Waals surface area contributed by atoms with Crippen molar-refractivity contribution in [2.75, 3.05) is 31.7 Å². The highest BCUT2D eigenvalue weighted by Gasteiger charge is 2.31. The van der Waals surface area contributed by atoms with Gasteiger partial charge in [0.25, 0.3) is 5.56 Å². The molecule has 1 saturated heterocycles. The smallest absolute Gasteiger partial charge is 0.326 e. The average molecular weight is 280 g/mol. The van der Waals surface area contributed by atoms with Gasteiger partial charge in [0.2, 0.25) is 0 Å². The minimum absolute atomic E-state index is 0.363. The topological polar surface area (TPSA) is 96.7 Å². The van der Waals surface area contributed by atoms with Crippen molar-refractivity contribution in [3.05, 3.63) is 22.2 Å². The number of aromatic nitrogens is 2. The first-order valence-electron chi connectivity index (χ1n) is 6.59. The number of ether oxygens (including phenoxy) is 1. The van der Waals surface area contributed by atoms with Gasteiger partial charge in [-0.2, -0.15) is 0 Å². The lowest BCUT2D eigenvalue weighted by atomic mass is 10.2. The van der Waals surface area contributed by atoms with Crippen LogP contribution in [-0.4, -0.2) is 51.9 Å². The predicted molar refractivity (Wildman–Crippen MR) is 69.5 cm³/mol. The summed E-state index contributed by atoms with van der Waals surface area (Å²) in [5.74, 6) is -0.412. The van der Waals surface area contributed by atoms with Crippen molar-refractivity contribution < 1.29 is 14.6 Å². The van der Waals surface area contributed by atoms with E-state index in [0.717, 1.165) is 13.1 Å². The number of fused-ring (bicyclic) bond motifs is 1. The van der Waals surface area contributed by atoms with Gasteiger partial charge in [-0.1, -0.05) is 0 Å². The summed E-state index contributed by atoms with van der Waals surface area (Å²) in [6.45, 7) is 2.73. The highest BCUT2D eigenvalue weighted by Crippen LogP contribution is 2.27. The lowest BCUT2D eigenvalue weighted by Crippen LogP contribution is -2.41. The molecule has 0 bridgehead atoms. The van der Waals surface area contributed by atoms with Crippen LogP contribution in [0.4, 0.5) is 5.82 Å². The van der Waals surface area contributed by atoms with Crippen molar-refractivity contribution >= 4 is 11.8 Å². The summed E-state index contributed by atoms with van der Waals surface area (Å²) in [5.41, 5.74) is 3.46. The van der Waals surface area contributed by atoms with Crippen LogP contribution < -0.4 is 11.0 Å². The number of hydrazine groups is 1. The number of nitrogens with one attached hydrogen (secondary N) is 1. The minimum Gasteiger partial charge on any atom is -0.480 e. The molecule has 1 atom stereocenters. The lowest BCUT2D eigenvalue weighted by Gasteiger charge is -2.28. The van der Waals surface area contributed by atoms with E-state index >= 15 is 0 Å². The molecule has 8 heteroatoms. The second-order valence-electron chi connectivity index (χ2n) is 4.87. The van der Waals surface area contributed by atoms with Crippen LogP contribution in [0.3, 0.4) is 0 Å². The highest BCUT2D eigenvalue weighted by molar-refractivity contribution is 5.73. The molecule has 108 valence electrons. The van der Waals surface area contributed by atoms with Gasteiger partial charge in [-0.15, -0.1) is 0 Å². The zero-order chi connectivity index (χ0) is 14.1. The average Bonchev–Trinajstić information content (AvgIpc) is 2.89. The summed E-state index contributed by atoms with van der Waals surface area (Å²) in [7, 11) is 0. The van der Waals surface area contributed by atoms with Gasteiger partial charge in [-0.3, -0.25) is 9.36 Å². The molecule has 1 unspecified atom stereocenters. The van der Waals surface area contributed by atoms with Crippen molar-refractivity contribution in [2.24, 2.45) is 0 Å². The SMILES string of the molecule is O=C(O)C1CCc2c(NN3CCOCC3)ncc(=O)n21. The number of hydrogen-bond acceptors (Lipinski definition) is 6. The van der Waals surface area contributed by atoms with Crippen molar-refractivity contribution in [2.45, 2.75) is 18.9 Å². The Morgan fingerprint density at radius 3 is 2.90 bits per heavy atom. The van der Waals surface area contributed by atoms with E-state index < -0.39 is 12.0 Å². The summed E-state index contributed by atoms with van der Waals surface area (Å²) in [6.07, 6.45) is 2.13. The van der Waals surface area contributed by atoms with Gasteiger partial charge in [-0.25, -0.2) is 14.8 Å². The van der Waals surface area contributed by atoms with Gasteiger partial charge in [-0.05, 0) is 12.8 Å². The van der Waals surface area contributed by atoms with Crippen LogP contribution in [-0.2, 0) is 16.0 Å². The van der Waals surface area contributed by atoms with E-state index in [0.29, 0.717) is 37.6 Å². The van der Waals surface area contributed by atoms with E-state index in [1.165, 1.54) is 10.8 Å². The highest BCUT2D eigenvalue weighted by atomic mass is 16.5. The van der Waals surface area contributed by atoms with Crippen LogP contribution in [0.25, 0.3) is 0 Å². The fourth-order valence-corrected chi connectivity index (χ4v) is 2.64. The molecule has 0 aromatic carbocycles. The number of rotatable bonds is 3. The summed E-state index contributed by atoms with van der Waals surface area (Å²) >= 11 is 0. The molecule has 3 heterocycles. The Hall–Kier alpha value is -1.93. The molecular weight excluding hydrogens is 264 g/mol. The van der Waals surface area contributed by atoms with Gasteiger partial charge >= 0.3 is 5.97 Å². The summed E-state index contributed by atoms with van der Waals surface area (Å²) in [6, 6.07) is -0.786. The van der Waals surface area contributed by atoms with E-state index in [2.05, 4.69) is 10.4 Å². The predicted octanol–water partition coefficient (Wildman–Crippen LogP) is -0.526. The monoisotopic (exact) mass is 280 g/mol. The van der Waals surface area contributed by atoms with E-state index in [1.54, 1.807) is 0 Å². The molecule has 0 radical (unpaired) electrons. The Bertz CT molecular complexity index is 579. The molecule has 0 aliphatic carbocycles. The minimum atomic E-state index is -0.977. The maximum Gasteiger partial charge on any atom is 0.326 e. The fraction of sp³-hybridized carbons (Fsp3) is 0.583. The van der Waals surface area contributed by atoms with Crippen LogP contribution in [0.15, 0.2) is 11.0 Å². The molecular formula is C12H16N4O4. The first-order chi connectivity index (χ1) is 9.66. The molecule has 1 aromatic rings. The molecule has 1 fully saturated rings. The van der Waals surface area contributed by atoms with Crippen LogP contribution in [0.5, 0.6) is 0 Å². The largest absolute Gasteiger partial charge is 0.480 e. The Morgan fingerprint density at radius 1 is 1.45 bits per heavy atom. The number of nitrogens with zero attached hydrogens (tertiary/aromatic N) is 3. The first-order valence-corrected chi connectivity index (χ1v) is 6.59. The molecule has 1 aromatic heterocycles. The molecule has 20 heavy (non-hydrogen) atoms. The molecule has 0 saturated carbocycles. The third-order valence-electron chi connectivity index (χ3n) is 3.63. The molecule has 2 aliphatic heterocycles. The van der Waals surface area contributed by atoms with Crippen molar-refractivity contribution in [3.63, 3.8) is 0 Å². The van der Waals surface area contributed by atoms with E-state index in [4.69, 9.17) is 9.84 Å². The van der Waals surface area contributed by atoms with E-state index in [1.807, 2.05) is 5.01 Å². The van der Waals surface area contributed by atoms with Crippen LogP contribution in [0.1, 0.15) is 18.2 Å². The fourth-order valence-electron chi connectivity index (χ4n) is 2.64. The van der Waals surface area contributed by atoms with Crippen molar-refractivity contribution in [3.8, 4) is 0 Å². The zero-order valence-electron chi connectivity index (χ0n) is 10.9. The molecule has 2 aliphatic rings. The zero-order valence-corrected chi connectivity index (χ0v) is 10.9. The normalized spacial score (nSPS) is 22.5. The van der Waals surface area contributed by atoms with Gasteiger partial charge in [0.1, 0.15) is 6.04 Å². The molecule has 3 rings (SSSR count). The molecule has 2 N–H and O–H groups in total. The number of carboxylic acids is 1. The lowest BCUT2D eigenvalue weighted by molar-refractivity contribution is -0.140. The molecule has 8 nitrogen and oxygen atoms in total. The quantitative estimate of drug-likeness (QED) is 0.768. The van der Waals surface area contributed by atoms with Crippen molar-refractivity contribution in [1.82, 2.24) is 14.6 Å². The standard InChI is InChI=1S/C12H16N4O4/c17-10-7-13-11(14-15-3-5-20-6-4-15)8-1-2-9(12(18)19)16(8)10/h7,9,14H,1-6H2,(H,18,19). The van der Waals surface area contributed by atoms with Gasteiger partial charge in [0.05, 0.1) is 25.1 Å². The summed E-state index contributed by atoms with van der Waals surface area (Å²) < 4.78 is 6.59. The Kier molecular flexibility index (Phi) is 3.41. The first kappa shape index (κ1) is 13.1. The van der Waals surface area contributed by atoms with Gasteiger partial charge < -0.3 is 15.3 Å². The maximum absolute atomic E-state index is 11.8. The second-order valence-corrected chi connectivity index (χ2v) is 4.87. The Balaban J connectivity index is 1.90. The van der Waals surface area contributed by atoms with Crippen LogP contribution in [0.2, 0.25) is 0 Å². The number of morpholine rings is 1. The van der Waals surface area contributed by atoms with E-state index in [-0.39, 0.29) is 5.56 Å². The molecule has 0 spiro atoms. The third-order valence-corrected chi connectivity index (χ3v) is 3.63. The van der Waals surface area contributed by atoms with Crippen LogP contribution >= 0.6 is 0 Å². The van der Waals surface area contributed by atoms with E-state index in [9.17, 15) is 9.59 Å². The number of hydrogen-bond donors (Lipinski definition) is 2. The number of aliphatic carboxylic acids is 1. The second kappa shape index (κ2) is 5.22. The van der Waals surface area contributed by atoms with Gasteiger partial charge in [0, 0.05) is 13.1 Å². The number of carboxylic acid groups (broad SMARTS) is 1. The Morgan fingerprint density at radius 2 is 2.20 bits per heavy atom. The summed E-state index contributed by atoms with van der Waals surface area (Å²) in [5, 5.41) is 11.1. The maximum atomic E-state index is 11.8. The summed E-state index contributed by atoms with van der Waals surface area (Å²) in [4.78, 5) is 27.2.